The number of nitrogens with zero attached hydrogens (tertiary/aromatic N) is 1. The van der Waals surface area contributed by atoms with Gasteiger partial charge in [0.2, 0.25) is 5.91 Å². The van der Waals surface area contributed by atoms with Gasteiger partial charge >= 0.3 is 6.03 Å². The second-order valence-corrected chi connectivity index (χ2v) is 8.47. The number of amides is 3. The molecule has 2 rings (SSSR count). The van der Waals surface area contributed by atoms with E-state index in [9.17, 15) is 9.59 Å². The van der Waals surface area contributed by atoms with E-state index in [4.69, 9.17) is 14.6 Å². The Balaban J connectivity index is 0.00000141. The minimum atomic E-state index is -0.321. The monoisotopic (exact) mass is 425 g/mol. The molecule has 10 heteroatoms. The number of carbonyl (C=O) groups excluding carboxylic acids is 2. The van der Waals surface area contributed by atoms with Gasteiger partial charge in [0.05, 0.1) is 17.8 Å². The number of carbonyl (C=O) groups is 3. The highest BCUT2D eigenvalue weighted by Gasteiger charge is 2.35. The number of rotatable bonds is 5. The van der Waals surface area contributed by atoms with Crippen LogP contribution in [0.2, 0.25) is 0 Å². The standard InChI is InChI=1S/C19H33N5O3.CH2O2/c1-11-14(12(2)24-23-11)10-20-17(25)13-7-8-16(27-6)15(9-13)21-18(26)22-19(3,4)5;2-1-3/h13,15-16H,7-10H2,1-6H3,(H,20,25)(H,23,24)(H2,21,22,26);1H,(H,2,3)/t13-,15+,16+;/m0./s1. The van der Waals surface area contributed by atoms with Gasteiger partial charge in [-0.3, -0.25) is 14.7 Å². The van der Waals surface area contributed by atoms with Crippen LogP contribution in [0, 0.1) is 19.8 Å². The molecule has 1 aromatic heterocycles. The number of aryl methyl sites for hydroxylation is 2. The van der Waals surface area contributed by atoms with Crippen LogP contribution in [-0.4, -0.2) is 58.5 Å². The summed E-state index contributed by atoms with van der Waals surface area (Å²) in [5.74, 6) is -0.142. The Morgan fingerprint density at radius 1 is 1.30 bits per heavy atom. The SMILES string of the molecule is CO[C@@H]1CC[C@H](C(=O)NCc2c(C)n[nH]c2C)C[C@H]1NC(=O)NC(C)(C)C.O=CO. The van der Waals surface area contributed by atoms with E-state index < -0.39 is 0 Å². The van der Waals surface area contributed by atoms with E-state index in [1.165, 1.54) is 0 Å². The Bertz CT molecular complexity index is 693. The summed E-state index contributed by atoms with van der Waals surface area (Å²) in [5.41, 5.74) is 2.56. The van der Waals surface area contributed by atoms with Crippen molar-refractivity contribution in [3.63, 3.8) is 0 Å². The first-order chi connectivity index (χ1) is 14.0. The minimum Gasteiger partial charge on any atom is -0.483 e. The van der Waals surface area contributed by atoms with Gasteiger partial charge in [-0.05, 0) is 53.9 Å². The lowest BCUT2D eigenvalue weighted by molar-refractivity contribution is -0.127. The zero-order valence-electron chi connectivity index (χ0n) is 18.7. The van der Waals surface area contributed by atoms with Crippen LogP contribution in [0.4, 0.5) is 4.79 Å². The van der Waals surface area contributed by atoms with Crippen molar-refractivity contribution in [1.29, 1.82) is 0 Å². The minimum absolute atomic E-state index is 0.00702. The predicted molar refractivity (Wildman–Crippen MR) is 112 cm³/mol. The molecule has 1 aliphatic rings. The van der Waals surface area contributed by atoms with Gasteiger partial charge in [-0.15, -0.1) is 0 Å². The average Bonchev–Trinajstić information content (AvgIpc) is 2.96. The number of aromatic nitrogens is 2. The van der Waals surface area contributed by atoms with Crippen LogP contribution in [0.5, 0.6) is 0 Å². The number of ether oxygens (including phenoxy) is 1. The molecule has 0 spiro atoms. The molecule has 170 valence electrons. The number of aromatic amines is 1. The van der Waals surface area contributed by atoms with Gasteiger partial charge < -0.3 is 25.8 Å². The Hall–Kier alpha value is -2.62. The van der Waals surface area contributed by atoms with Crippen molar-refractivity contribution in [3.8, 4) is 0 Å². The van der Waals surface area contributed by atoms with E-state index in [1.807, 2.05) is 34.6 Å². The van der Waals surface area contributed by atoms with Gasteiger partial charge in [-0.25, -0.2) is 4.79 Å². The molecule has 1 heterocycles. The lowest BCUT2D eigenvalue weighted by atomic mass is 9.83. The fraction of sp³-hybridized carbons (Fsp3) is 0.700. The molecule has 10 nitrogen and oxygen atoms in total. The van der Waals surface area contributed by atoms with Crippen LogP contribution >= 0.6 is 0 Å². The Morgan fingerprint density at radius 3 is 2.43 bits per heavy atom. The van der Waals surface area contributed by atoms with Gasteiger partial charge in [0, 0.05) is 36.4 Å². The van der Waals surface area contributed by atoms with E-state index in [0.29, 0.717) is 13.0 Å². The van der Waals surface area contributed by atoms with E-state index in [1.54, 1.807) is 7.11 Å². The molecule has 3 amide bonds. The van der Waals surface area contributed by atoms with E-state index in [0.717, 1.165) is 29.8 Å². The molecule has 0 unspecified atom stereocenters. The third-order valence-corrected chi connectivity index (χ3v) is 4.99. The highest BCUT2D eigenvalue weighted by atomic mass is 16.5. The lowest BCUT2D eigenvalue weighted by Gasteiger charge is -2.35. The van der Waals surface area contributed by atoms with Crippen molar-refractivity contribution >= 4 is 18.4 Å². The van der Waals surface area contributed by atoms with Crippen LogP contribution in [0.1, 0.15) is 57.0 Å². The van der Waals surface area contributed by atoms with Gasteiger partial charge in [-0.1, -0.05) is 0 Å². The van der Waals surface area contributed by atoms with E-state index >= 15 is 0 Å². The molecular weight excluding hydrogens is 390 g/mol. The summed E-state index contributed by atoms with van der Waals surface area (Å²) in [6.07, 6.45) is 1.95. The Morgan fingerprint density at radius 2 is 1.93 bits per heavy atom. The summed E-state index contributed by atoms with van der Waals surface area (Å²) in [7, 11) is 1.64. The molecule has 1 aromatic rings. The van der Waals surface area contributed by atoms with Crippen molar-refractivity contribution in [1.82, 2.24) is 26.1 Å². The maximum absolute atomic E-state index is 12.7. The summed E-state index contributed by atoms with van der Waals surface area (Å²) in [5, 5.41) is 22.9. The smallest absolute Gasteiger partial charge is 0.315 e. The van der Waals surface area contributed by atoms with Crippen molar-refractivity contribution < 1.29 is 24.2 Å². The summed E-state index contributed by atoms with van der Waals surface area (Å²) < 4.78 is 5.53. The van der Waals surface area contributed by atoms with Crippen LogP contribution < -0.4 is 16.0 Å². The van der Waals surface area contributed by atoms with Crippen LogP contribution in [0.3, 0.4) is 0 Å². The highest BCUT2D eigenvalue weighted by molar-refractivity contribution is 5.79. The fourth-order valence-electron chi connectivity index (χ4n) is 3.51. The number of methoxy groups -OCH3 is 1. The first-order valence-corrected chi connectivity index (χ1v) is 9.99. The summed E-state index contributed by atoms with van der Waals surface area (Å²) in [6.45, 7) is 9.85. The summed E-state index contributed by atoms with van der Waals surface area (Å²) in [4.78, 5) is 33.3. The Labute approximate surface area is 177 Å². The van der Waals surface area contributed by atoms with Gasteiger partial charge in [0.1, 0.15) is 0 Å². The predicted octanol–water partition coefficient (Wildman–Crippen LogP) is 1.62. The largest absolute Gasteiger partial charge is 0.483 e. The first-order valence-electron chi connectivity index (χ1n) is 9.99. The molecule has 5 N–H and O–H groups in total. The maximum Gasteiger partial charge on any atom is 0.315 e. The quantitative estimate of drug-likeness (QED) is 0.453. The normalized spacial score (nSPS) is 21.1. The molecule has 0 bridgehead atoms. The lowest BCUT2D eigenvalue weighted by Crippen LogP contribution is -2.55. The fourth-order valence-corrected chi connectivity index (χ4v) is 3.51. The summed E-state index contributed by atoms with van der Waals surface area (Å²) >= 11 is 0. The molecule has 0 radical (unpaired) electrons. The molecule has 1 saturated carbocycles. The molecule has 1 aliphatic carbocycles. The zero-order chi connectivity index (χ0) is 22.9. The molecule has 0 saturated heterocycles. The number of nitrogens with one attached hydrogen (secondary N) is 4. The molecular formula is C20H35N5O5. The third kappa shape index (κ3) is 8.02. The van der Waals surface area contributed by atoms with E-state index in [2.05, 4.69) is 26.1 Å². The molecule has 0 aliphatic heterocycles. The van der Waals surface area contributed by atoms with Crippen LogP contribution in [0.15, 0.2) is 0 Å². The zero-order valence-corrected chi connectivity index (χ0v) is 18.7. The van der Waals surface area contributed by atoms with Gasteiger partial charge in [0.25, 0.3) is 6.47 Å². The Kier molecular flexibility index (Phi) is 9.77. The maximum atomic E-state index is 12.7. The van der Waals surface area contributed by atoms with Gasteiger partial charge in [-0.2, -0.15) is 5.10 Å². The van der Waals surface area contributed by atoms with Crippen LogP contribution in [-0.2, 0) is 20.9 Å². The number of hydrogen-bond donors (Lipinski definition) is 5. The molecule has 30 heavy (non-hydrogen) atoms. The van der Waals surface area contributed by atoms with Gasteiger partial charge in [0.15, 0.2) is 0 Å². The first kappa shape index (κ1) is 25.4. The van der Waals surface area contributed by atoms with Crippen molar-refractivity contribution in [3.05, 3.63) is 17.0 Å². The third-order valence-electron chi connectivity index (χ3n) is 4.99. The van der Waals surface area contributed by atoms with Crippen molar-refractivity contribution in [2.75, 3.05) is 7.11 Å². The van der Waals surface area contributed by atoms with Crippen molar-refractivity contribution in [2.24, 2.45) is 5.92 Å². The molecule has 0 aromatic carbocycles. The number of carboxylic acid groups (broad SMARTS) is 1. The number of hydrogen-bond acceptors (Lipinski definition) is 5. The summed E-state index contributed by atoms with van der Waals surface area (Å²) in [6, 6.07) is -0.431. The highest BCUT2D eigenvalue weighted by Crippen LogP contribution is 2.27. The number of H-pyrrole nitrogens is 1. The average molecular weight is 426 g/mol. The second kappa shape index (κ2) is 11.5. The number of urea groups is 1. The topological polar surface area (TPSA) is 145 Å². The molecule has 1 fully saturated rings. The van der Waals surface area contributed by atoms with Crippen LogP contribution in [0.25, 0.3) is 0 Å². The van der Waals surface area contributed by atoms with Crippen molar-refractivity contribution in [2.45, 2.75) is 78.1 Å². The molecule has 3 atom stereocenters. The van der Waals surface area contributed by atoms with E-state index in [-0.39, 0.29) is 42.0 Å². The second-order valence-electron chi connectivity index (χ2n) is 8.47.